The minimum Gasteiger partial charge on any atom is -0.373 e. The zero-order chi connectivity index (χ0) is 20.2. The van der Waals surface area contributed by atoms with Gasteiger partial charge in [-0.25, -0.2) is 0 Å². The second kappa shape index (κ2) is 9.58. The van der Waals surface area contributed by atoms with Crippen molar-refractivity contribution in [2.45, 2.75) is 63.1 Å². The van der Waals surface area contributed by atoms with Gasteiger partial charge >= 0.3 is 0 Å². The standard InChI is InChI=1S/C22H37N5O2/c1-24(19-8-4-5-9-19)17-21(28)27-12-13-29-20(16-26-10-6-3-7-11-26)22(27)18-14-23-25(2)15-18/h14-15,19-20,22H,3-13,16-17H2,1-2H3/t20-,22-/m0/s1. The molecule has 1 aromatic rings. The summed E-state index contributed by atoms with van der Waals surface area (Å²) >= 11 is 0. The molecular formula is C22H37N5O2. The number of likely N-dealkylation sites (N-methyl/N-ethyl adjacent to an activating group) is 1. The SMILES string of the molecule is CN(CC(=O)N1CCO[C@@H](CN2CCCCC2)[C@@H]1c1cnn(C)c1)C1CCCC1. The molecule has 0 bridgehead atoms. The summed E-state index contributed by atoms with van der Waals surface area (Å²) in [6.07, 6.45) is 12.8. The van der Waals surface area contributed by atoms with Crippen LogP contribution in [0.4, 0.5) is 0 Å². The van der Waals surface area contributed by atoms with Crippen molar-refractivity contribution < 1.29 is 9.53 Å². The van der Waals surface area contributed by atoms with Crippen LogP contribution >= 0.6 is 0 Å². The summed E-state index contributed by atoms with van der Waals surface area (Å²) in [7, 11) is 4.05. The van der Waals surface area contributed by atoms with E-state index in [9.17, 15) is 4.79 Å². The predicted octanol–water partition coefficient (Wildman–Crippen LogP) is 2.05. The smallest absolute Gasteiger partial charge is 0.237 e. The molecule has 0 unspecified atom stereocenters. The molecule has 1 aromatic heterocycles. The highest BCUT2D eigenvalue weighted by molar-refractivity contribution is 5.79. The number of ether oxygens (including phenoxy) is 1. The van der Waals surface area contributed by atoms with Gasteiger partial charge in [0.15, 0.2) is 0 Å². The Morgan fingerprint density at radius 2 is 1.93 bits per heavy atom. The number of carbonyl (C=O) groups excluding carboxylic acids is 1. The first-order valence-electron chi connectivity index (χ1n) is 11.4. The Morgan fingerprint density at radius 1 is 1.17 bits per heavy atom. The van der Waals surface area contributed by atoms with E-state index in [1.807, 2.05) is 24.1 Å². The Balaban J connectivity index is 1.49. The fourth-order valence-electron chi connectivity index (χ4n) is 5.33. The number of carbonyl (C=O) groups is 1. The maximum Gasteiger partial charge on any atom is 0.237 e. The van der Waals surface area contributed by atoms with E-state index < -0.39 is 0 Å². The van der Waals surface area contributed by atoms with Crippen LogP contribution in [0.25, 0.3) is 0 Å². The molecule has 0 aromatic carbocycles. The summed E-state index contributed by atoms with van der Waals surface area (Å²) in [5, 5.41) is 4.39. The molecule has 1 amide bonds. The van der Waals surface area contributed by atoms with Crippen molar-refractivity contribution in [1.29, 1.82) is 0 Å². The van der Waals surface area contributed by atoms with Crippen LogP contribution in [0.2, 0.25) is 0 Å². The van der Waals surface area contributed by atoms with Gasteiger partial charge in [0.2, 0.25) is 5.91 Å². The highest BCUT2D eigenvalue weighted by Crippen LogP contribution is 2.31. The van der Waals surface area contributed by atoms with Gasteiger partial charge in [-0.3, -0.25) is 14.4 Å². The van der Waals surface area contributed by atoms with E-state index in [0.717, 1.165) is 25.2 Å². The molecule has 2 atom stereocenters. The Hall–Kier alpha value is -1.44. The van der Waals surface area contributed by atoms with E-state index in [4.69, 9.17) is 4.74 Å². The lowest BCUT2D eigenvalue weighted by Gasteiger charge is -2.43. The molecule has 1 aliphatic carbocycles. The lowest BCUT2D eigenvalue weighted by Crippen LogP contribution is -2.54. The Morgan fingerprint density at radius 3 is 2.62 bits per heavy atom. The van der Waals surface area contributed by atoms with Gasteiger partial charge in [-0.05, 0) is 45.8 Å². The molecule has 1 saturated carbocycles. The van der Waals surface area contributed by atoms with Crippen molar-refractivity contribution in [1.82, 2.24) is 24.5 Å². The third-order valence-electron chi connectivity index (χ3n) is 6.96. The van der Waals surface area contributed by atoms with Crippen molar-refractivity contribution in [3.05, 3.63) is 18.0 Å². The van der Waals surface area contributed by atoms with Gasteiger partial charge in [0, 0.05) is 37.9 Å². The van der Waals surface area contributed by atoms with E-state index in [0.29, 0.717) is 25.7 Å². The predicted molar refractivity (Wildman–Crippen MR) is 113 cm³/mol. The molecule has 162 valence electrons. The number of nitrogens with zero attached hydrogens (tertiary/aromatic N) is 5. The molecule has 0 radical (unpaired) electrons. The minimum atomic E-state index is -0.0520. The van der Waals surface area contributed by atoms with Gasteiger partial charge in [-0.15, -0.1) is 0 Å². The highest BCUT2D eigenvalue weighted by atomic mass is 16.5. The number of morpholine rings is 1. The molecule has 2 aliphatic heterocycles. The maximum atomic E-state index is 13.4. The van der Waals surface area contributed by atoms with Crippen molar-refractivity contribution in [3.63, 3.8) is 0 Å². The third kappa shape index (κ3) is 5.01. The van der Waals surface area contributed by atoms with E-state index in [2.05, 4.69) is 26.8 Å². The summed E-state index contributed by atoms with van der Waals surface area (Å²) in [4.78, 5) is 20.2. The van der Waals surface area contributed by atoms with Crippen molar-refractivity contribution >= 4 is 5.91 Å². The molecule has 3 aliphatic rings. The maximum absolute atomic E-state index is 13.4. The number of rotatable bonds is 6. The summed E-state index contributed by atoms with van der Waals surface area (Å²) in [5.41, 5.74) is 1.09. The van der Waals surface area contributed by atoms with Crippen molar-refractivity contribution in [2.75, 3.05) is 46.4 Å². The zero-order valence-corrected chi connectivity index (χ0v) is 18.1. The van der Waals surface area contributed by atoms with Crippen LogP contribution in [0, 0.1) is 0 Å². The topological polar surface area (TPSA) is 53.8 Å². The van der Waals surface area contributed by atoms with Crippen LogP contribution in [0.5, 0.6) is 0 Å². The number of piperidine rings is 1. The monoisotopic (exact) mass is 403 g/mol. The number of likely N-dealkylation sites (tertiary alicyclic amines) is 1. The fraction of sp³-hybridized carbons (Fsp3) is 0.818. The molecule has 3 fully saturated rings. The number of aryl methyl sites for hydroxylation is 1. The highest BCUT2D eigenvalue weighted by Gasteiger charge is 2.38. The average molecular weight is 404 g/mol. The van der Waals surface area contributed by atoms with Crippen LogP contribution < -0.4 is 0 Å². The molecule has 4 rings (SSSR count). The second-order valence-electron chi connectivity index (χ2n) is 9.10. The lowest BCUT2D eigenvalue weighted by atomic mass is 9.99. The first-order chi connectivity index (χ1) is 14.1. The molecule has 29 heavy (non-hydrogen) atoms. The van der Waals surface area contributed by atoms with Crippen LogP contribution in [-0.2, 0) is 16.6 Å². The van der Waals surface area contributed by atoms with Gasteiger partial charge in [0.1, 0.15) is 0 Å². The van der Waals surface area contributed by atoms with Crippen molar-refractivity contribution in [2.24, 2.45) is 7.05 Å². The van der Waals surface area contributed by atoms with Gasteiger partial charge in [-0.1, -0.05) is 19.3 Å². The summed E-state index contributed by atoms with van der Waals surface area (Å²) in [6.45, 7) is 4.94. The molecule has 0 spiro atoms. The fourth-order valence-corrected chi connectivity index (χ4v) is 5.33. The number of hydrogen-bond donors (Lipinski definition) is 0. The van der Waals surface area contributed by atoms with E-state index in [1.165, 1.54) is 44.9 Å². The van der Waals surface area contributed by atoms with Gasteiger partial charge in [0.25, 0.3) is 0 Å². The first-order valence-corrected chi connectivity index (χ1v) is 11.4. The first kappa shape index (κ1) is 20.8. The Kier molecular flexibility index (Phi) is 6.88. The summed E-state index contributed by atoms with van der Waals surface area (Å²) in [5.74, 6) is 0.222. The quantitative estimate of drug-likeness (QED) is 0.728. The molecule has 7 heteroatoms. The number of amides is 1. The molecule has 0 N–H and O–H groups in total. The molecule has 7 nitrogen and oxygen atoms in total. The van der Waals surface area contributed by atoms with Crippen LogP contribution in [-0.4, -0.2) is 88.9 Å². The molecular weight excluding hydrogens is 366 g/mol. The van der Waals surface area contributed by atoms with Gasteiger partial charge < -0.3 is 14.5 Å². The second-order valence-corrected chi connectivity index (χ2v) is 9.10. The minimum absolute atomic E-state index is 0.00628. The largest absolute Gasteiger partial charge is 0.373 e. The Labute approximate surface area is 175 Å². The molecule has 3 heterocycles. The van der Waals surface area contributed by atoms with E-state index in [1.54, 1.807) is 0 Å². The number of hydrogen-bond acceptors (Lipinski definition) is 5. The molecule has 2 saturated heterocycles. The van der Waals surface area contributed by atoms with Crippen LogP contribution in [0.3, 0.4) is 0 Å². The van der Waals surface area contributed by atoms with Crippen LogP contribution in [0.15, 0.2) is 12.4 Å². The third-order valence-corrected chi connectivity index (χ3v) is 6.96. The Bertz CT molecular complexity index is 666. The average Bonchev–Trinajstić information content (AvgIpc) is 3.40. The van der Waals surface area contributed by atoms with Crippen LogP contribution in [0.1, 0.15) is 56.6 Å². The summed E-state index contributed by atoms with van der Waals surface area (Å²) in [6, 6.07) is 0.504. The lowest BCUT2D eigenvalue weighted by molar-refractivity contribution is -0.150. The zero-order valence-electron chi connectivity index (χ0n) is 18.1. The van der Waals surface area contributed by atoms with E-state index >= 15 is 0 Å². The summed E-state index contributed by atoms with van der Waals surface area (Å²) < 4.78 is 8.08. The van der Waals surface area contributed by atoms with E-state index in [-0.39, 0.29) is 18.1 Å². The van der Waals surface area contributed by atoms with Crippen molar-refractivity contribution in [3.8, 4) is 0 Å². The normalized spacial score (nSPS) is 27.1. The van der Waals surface area contributed by atoms with Gasteiger partial charge in [0.05, 0.1) is 31.5 Å². The number of aromatic nitrogens is 2. The van der Waals surface area contributed by atoms with Gasteiger partial charge in [-0.2, -0.15) is 5.10 Å².